The van der Waals surface area contributed by atoms with Gasteiger partial charge in [-0.2, -0.15) is 0 Å². The van der Waals surface area contributed by atoms with Gasteiger partial charge in [-0.3, -0.25) is 0 Å². The van der Waals surface area contributed by atoms with Gasteiger partial charge in [0.05, 0.1) is 11.9 Å². The Morgan fingerprint density at radius 3 is 2.60 bits per heavy atom. The zero-order valence-electron chi connectivity index (χ0n) is 6.81. The normalized spacial score (nSPS) is 31.5. The molecule has 1 atom stereocenters. The van der Waals surface area contributed by atoms with Gasteiger partial charge in [-0.05, 0) is 6.92 Å². The Balaban J connectivity index is 2.59. The Bertz CT molecular complexity index is 149. The van der Waals surface area contributed by atoms with Crippen LogP contribution in [0.2, 0.25) is 0 Å². The van der Waals surface area contributed by atoms with Crippen molar-refractivity contribution in [3.8, 4) is 0 Å². The highest BCUT2D eigenvalue weighted by molar-refractivity contribution is 4.90. The van der Waals surface area contributed by atoms with Gasteiger partial charge in [0.2, 0.25) is 5.79 Å². The monoisotopic (exact) mass is 142 g/mol. The Labute approximate surface area is 61.8 Å². The molecule has 0 N–H and O–H groups in total. The minimum Gasteiger partial charge on any atom is -0.468 e. The van der Waals surface area contributed by atoms with Crippen LogP contribution in [0.1, 0.15) is 27.2 Å². The largest absolute Gasteiger partial charge is 0.468 e. The predicted octanol–water partition coefficient (Wildman–Crippen LogP) is 2.06. The van der Waals surface area contributed by atoms with Crippen LogP contribution in [0.3, 0.4) is 0 Å². The van der Waals surface area contributed by atoms with E-state index in [0.717, 1.165) is 12.2 Å². The molecule has 0 saturated carbocycles. The zero-order chi connectivity index (χ0) is 7.78. The molecule has 0 aliphatic carbocycles. The quantitative estimate of drug-likeness (QED) is 0.515. The van der Waals surface area contributed by atoms with Crippen molar-refractivity contribution in [1.82, 2.24) is 0 Å². The summed E-state index contributed by atoms with van der Waals surface area (Å²) in [6, 6.07) is 0. The van der Waals surface area contributed by atoms with Crippen molar-refractivity contribution in [3.63, 3.8) is 0 Å². The van der Waals surface area contributed by atoms with E-state index in [-0.39, 0.29) is 6.10 Å². The molecule has 0 amide bonds. The summed E-state index contributed by atoms with van der Waals surface area (Å²) >= 11 is 0. The van der Waals surface area contributed by atoms with Crippen LogP contribution < -0.4 is 0 Å². The molecule has 0 spiro atoms. The van der Waals surface area contributed by atoms with Crippen molar-refractivity contribution in [3.05, 3.63) is 12.3 Å². The average molecular weight is 142 g/mol. The van der Waals surface area contributed by atoms with Crippen molar-refractivity contribution < 1.29 is 9.47 Å². The summed E-state index contributed by atoms with van der Waals surface area (Å²) < 4.78 is 10.8. The van der Waals surface area contributed by atoms with Gasteiger partial charge in [0.15, 0.2) is 0 Å². The maximum absolute atomic E-state index is 5.46. The summed E-state index contributed by atoms with van der Waals surface area (Å²) in [5.74, 6) is 0.345. The fourth-order valence-electron chi connectivity index (χ4n) is 1.26. The molecule has 1 saturated heterocycles. The summed E-state index contributed by atoms with van der Waals surface area (Å²) in [4.78, 5) is 0. The zero-order valence-corrected chi connectivity index (χ0v) is 6.81. The maximum Gasteiger partial charge on any atom is 0.204 e. The number of hydrogen-bond acceptors (Lipinski definition) is 2. The van der Waals surface area contributed by atoms with Gasteiger partial charge in [0, 0.05) is 20.3 Å². The van der Waals surface area contributed by atoms with Crippen LogP contribution >= 0.6 is 0 Å². The molecule has 2 heteroatoms. The molecule has 10 heavy (non-hydrogen) atoms. The molecule has 1 aliphatic rings. The Hall–Kier alpha value is -0.500. The molecule has 1 rings (SSSR count). The third-order valence-electron chi connectivity index (χ3n) is 1.39. The van der Waals surface area contributed by atoms with E-state index in [9.17, 15) is 0 Å². The molecular weight excluding hydrogens is 128 g/mol. The van der Waals surface area contributed by atoms with Crippen molar-refractivity contribution in [1.29, 1.82) is 0 Å². The molecule has 1 fully saturated rings. The van der Waals surface area contributed by atoms with Gasteiger partial charge in [-0.1, -0.05) is 6.58 Å². The van der Waals surface area contributed by atoms with Crippen LogP contribution in [0.5, 0.6) is 0 Å². The summed E-state index contributed by atoms with van der Waals surface area (Å²) in [5.41, 5.74) is 0. The third kappa shape index (κ3) is 1.74. The van der Waals surface area contributed by atoms with E-state index in [1.54, 1.807) is 0 Å². The Kier molecular flexibility index (Phi) is 1.73. The van der Waals surface area contributed by atoms with E-state index in [2.05, 4.69) is 6.58 Å². The highest BCUT2D eigenvalue weighted by atomic mass is 16.7. The van der Waals surface area contributed by atoms with Gasteiger partial charge >= 0.3 is 0 Å². The van der Waals surface area contributed by atoms with Crippen molar-refractivity contribution in [2.24, 2.45) is 0 Å². The van der Waals surface area contributed by atoms with Crippen molar-refractivity contribution in [2.75, 3.05) is 0 Å². The summed E-state index contributed by atoms with van der Waals surface area (Å²) in [7, 11) is 0. The second kappa shape index (κ2) is 2.27. The second-order valence-electron chi connectivity index (χ2n) is 3.17. The molecule has 0 aromatic heterocycles. The van der Waals surface area contributed by atoms with E-state index >= 15 is 0 Å². The second-order valence-corrected chi connectivity index (χ2v) is 3.17. The summed E-state index contributed by atoms with van der Waals surface area (Å²) in [6.07, 6.45) is 1.04. The van der Waals surface area contributed by atoms with Crippen LogP contribution in [-0.4, -0.2) is 11.9 Å². The van der Waals surface area contributed by atoms with Crippen LogP contribution in [0.25, 0.3) is 0 Å². The Morgan fingerprint density at radius 2 is 2.20 bits per heavy atom. The number of rotatable bonds is 0. The van der Waals surface area contributed by atoms with Crippen LogP contribution in [0.15, 0.2) is 12.3 Å². The lowest BCUT2D eigenvalue weighted by molar-refractivity contribution is -0.242. The van der Waals surface area contributed by atoms with Gasteiger partial charge < -0.3 is 9.47 Å². The topological polar surface area (TPSA) is 18.5 Å². The SMILES string of the molecule is C=C1C[C@H](C)OC(C)(C)O1. The van der Waals surface area contributed by atoms with E-state index in [1.807, 2.05) is 20.8 Å². The molecule has 0 bridgehead atoms. The minimum absolute atomic E-state index is 0.233. The van der Waals surface area contributed by atoms with Crippen molar-refractivity contribution >= 4 is 0 Å². The van der Waals surface area contributed by atoms with Gasteiger partial charge in [-0.25, -0.2) is 0 Å². The number of ether oxygens (including phenoxy) is 2. The number of hydrogen-bond donors (Lipinski definition) is 0. The van der Waals surface area contributed by atoms with Crippen LogP contribution in [-0.2, 0) is 9.47 Å². The minimum atomic E-state index is -0.477. The first-order chi connectivity index (χ1) is 4.49. The van der Waals surface area contributed by atoms with Gasteiger partial charge in [-0.15, -0.1) is 0 Å². The first-order valence-corrected chi connectivity index (χ1v) is 3.54. The molecule has 1 aliphatic heterocycles. The van der Waals surface area contributed by atoms with E-state index < -0.39 is 5.79 Å². The summed E-state index contributed by atoms with van der Waals surface area (Å²) in [5, 5.41) is 0. The van der Waals surface area contributed by atoms with E-state index in [4.69, 9.17) is 9.47 Å². The Morgan fingerprint density at radius 1 is 1.60 bits per heavy atom. The molecule has 1 heterocycles. The van der Waals surface area contributed by atoms with Crippen molar-refractivity contribution in [2.45, 2.75) is 39.1 Å². The van der Waals surface area contributed by atoms with Crippen LogP contribution in [0, 0.1) is 0 Å². The smallest absolute Gasteiger partial charge is 0.204 e. The molecule has 2 nitrogen and oxygen atoms in total. The van der Waals surface area contributed by atoms with Gasteiger partial charge in [0.25, 0.3) is 0 Å². The third-order valence-corrected chi connectivity index (χ3v) is 1.39. The predicted molar refractivity (Wildman–Crippen MR) is 39.5 cm³/mol. The fourth-order valence-corrected chi connectivity index (χ4v) is 1.26. The van der Waals surface area contributed by atoms with E-state index in [1.165, 1.54) is 0 Å². The standard InChI is InChI=1S/C8H14O2/c1-6-5-7(2)10-8(3,4)9-6/h7H,1,5H2,2-4H3/t7-/m0/s1. The fraction of sp³-hybridized carbons (Fsp3) is 0.750. The lowest BCUT2D eigenvalue weighted by Crippen LogP contribution is -2.37. The lowest BCUT2D eigenvalue weighted by Gasteiger charge is -2.36. The summed E-state index contributed by atoms with van der Waals surface area (Å²) in [6.45, 7) is 9.57. The molecule has 0 aromatic carbocycles. The first kappa shape index (κ1) is 7.61. The molecule has 0 unspecified atom stereocenters. The van der Waals surface area contributed by atoms with Crippen LogP contribution in [0.4, 0.5) is 0 Å². The molecule has 58 valence electrons. The first-order valence-electron chi connectivity index (χ1n) is 3.54. The van der Waals surface area contributed by atoms with Gasteiger partial charge in [0.1, 0.15) is 0 Å². The lowest BCUT2D eigenvalue weighted by atomic mass is 10.2. The highest BCUT2D eigenvalue weighted by Crippen LogP contribution is 2.27. The molecule has 0 radical (unpaired) electrons. The molecular formula is C8H14O2. The molecule has 0 aromatic rings. The average Bonchev–Trinajstić information content (AvgIpc) is 1.54. The highest BCUT2D eigenvalue weighted by Gasteiger charge is 2.29. The maximum atomic E-state index is 5.46. The van der Waals surface area contributed by atoms with E-state index in [0.29, 0.717) is 0 Å².